The molecule has 1 aromatic rings. The molecule has 3 aliphatic rings. The summed E-state index contributed by atoms with van der Waals surface area (Å²) in [5.74, 6) is 0.208. The lowest BCUT2D eigenvalue weighted by molar-refractivity contribution is -0.142. The molecule has 2 heterocycles. The number of rotatable bonds is 6. The Morgan fingerprint density at radius 2 is 2.00 bits per heavy atom. The zero-order valence-corrected chi connectivity index (χ0v) is 20.1. The molecule has 178 valence electrons. The zero-order valence-electron chi connectivity index (χ0n) is 20.1. The van der Waals surface area contributed by atoms with Crippen LogP contribution in [0.4, 0.5) is 0 Å². The van der Waals surface area contributed by atoms with Crippen molar-refractivity contribution in [1.82, 2.24) is 5.32 Å². The normalized spacial score (nSPS) is 24.3. The number of carbonyl (C=O) groups excluding carboxylic acids is 2. The number of nitrogens with one attached hydrogen (secondary N) is 1. The Bertz CT molecular complexity index is 1020. The van der Waals surface area contributed by atoms with Crippen LogP contribution in [0, 0.1) is 5.41 Å². The Labute approximate surface area is 195 Å². The summed E-state index contributed by atoms with van der Waals surface area (Å²) in [6, 6.07) is 5.47. The first-order chi connectivity index (χ1) is 15.7. The third kappa shape index (κ3) is 4.64. The van der Waals surface area contributed by atoms with Crippen molar-refractivity contribution in [2.24, 2.45) is 5.41 Å². The van der Waals surface area contributed by atoms with E-state index in [1.807, 2.05) is 19.1 Å². The van der Waals surface area contributed by atoms with Crippen LogP contribution in [0.5, 0.6) is 11.5 Å². The van der Waals surface area contributed by atoms with Gasteiger partial charge >= 0.3 is 5.97 Å². The van der Waals surface area contributed by atoms with E-state index in [1.165, 1.54) is 0 Å². The van der Waals surface area contributed by atoms with Crippen molar-refractivity contribution in [2.75, 3.05) is 27.4 Å². The van der Waals surface area contributed by atoms with Gasteiger partial charge in [-0.3, -0.25) is 4.79 Å². The number of hydrogen-bond donors (Lipinski definition) is 1. The molecule has 7 heteroatoms. The molecule has 33 heavy (non-hydrogen) atoms. The van der Waals surface area contributed by atoms with Crippen molar-refractivity contribution in [3.05, 3.63) is 46.3 Å². The van der Waals surface area contributed by atoms with Crippen LogP contribution in [-0.4, -0.2) is 45.3 Å². The van der Waals surface area contributed by atoms with Gasteiger partial charge in [0.1, 0.15) is 18.1 Å². The van der Waals surface area contributed by atoms with Crippen molar-refractivity contribution >= 4 is 11.8 Å². The second-order valence-electron chi connectivity index (χ2n) is 9.77. The molecule has 0 radical (unpaired) electrons. The molecule has 0 unspecified atom stereocenters. The molecular formula is C26H33NO6. The van der Waals surface area contributed by atoms with Gasteiger partial charge in [0.15, 0.2) is 5.78 Å². The largest absolute Gasteiger partial charge is 0.497 e. The first-order valence-corrected chi connectivity index (χ1v) is 11.5. The van der Waals surface area contributed by atoms with Gasteiger partial charge in [-0.15, -0.1) is 0 Å². The lowest BCUT2D eigenvalue weighted by Crippen LogP contribution is -2.39. The van der Waals surface area contributed by atoms with Crippen molar-refractivity contribution in [2.45, 2.75) is 58.5 Å². The molecule has 1 fully saturated rings. The number of esters is 1. The molecule has 2 atom stereocenters. The highest BCUT2D eigenvalue weighted by atomic mass is 16.6. The summed E-state index contributed by atoms with van der Waals surface area (Å²) in [5, 5.41) is 3.36. The predicted octanol–water partition coefficient (Wildman–Crippen LogP) is 4.03. The van der Waals surface area contributed by atoms with Gasteiger partial charge in [-0.25, -0.2) is 4.79 Å². The molecule has 1 aromatic carbocycles. The summed E-state index contributed by atoms with van der Waals surface area (Å²) in [7, 11) is 3.16. The summed E-state index contributed by atoms with van der Waals surface area (Å²) in [5.41, 5.74) is 3.20. The van der Waals surface area contributed by atoms with Crippen LogP contribution >= 0.6 is 0 Å². The fourth-order valence-corrected chi connectivity index (χ4v) is 5.10. The van der Waals surface area contributed by atoms with E-state index < -0.39 is 11.9 Å². The predicted molar refractivity (Wildman–Crippen MR) is 123 cm³/mol. The molecule has 7 nitrogen and oxygen atoms in total. The topological polar surface area (TPSA) is 83.1 Å². The number of carbonyl (C=O) groups is 2. The van der Waals surface area contributed by atoms with Crippen molar-refractivity contribution in [1.29, 1.82) is 0 Å². The maximum absolute atomic E-state index is 13.4. The van der Waals surface area contributed by atoms with E-state index in [9.17, 15) is 9.59 Å². The number of benzene rings is 1. The number of allylic oxidation sites excluding steroid dienone is 3. The average molecular weight is 456 g/mol. The maximum atomic E-state index is 13.4. The average Bonchev–Trinajstić information content (AvgIpc) is 3.29. The van der Waals surface area contributed by atoms with Crippen LogP contribution in [0.2, 0.25) is 0 Å². The number of hydrogen-bond acceptors (Lipinski definition) is 7. The van der Waals surface area contributed by atoms with Crippen LogP contribution in [0.15, 0.2) is 40.7 Å². The van der Waals surface area contributed by atoms with Crippen LogP contribution in [0.1, 0.15) is 57.9 Å². The molecule has 0 aromatic heterocycles. The monoisotopic (exact) mass is 455 g/mol. The molecule has 0 spiro atoms. The molecule has 2 aliphatic heterocycles. The zero-order chi connectivity index (χ0) is 23.8. The summed E-state index contributed by atoms with van der Waals surface area (Å²) in [6.07, 6.45) is 2.91. The Kier molecular flexibility index (Phi) is 6.52. The smallest absolute Gasteiger partial charge is 0.336 e. The molecule has 0 bridgehead atoms. The molecule has 1 N–H and O–H groups in total. The van der Waals surface area contributed by atoms with Crippen molar-refractivity contribution in [3.8, 4) is 11.5 Å². The van der Waals surface area contributed by atoms with Gasteiger partial charge in [0.2, 0.25) is 0 Å². The molecule has 1 saturated heterocycles. The van der Waals surface area contributed by atoms with Gasteiger partial charge in [0.05, 0.1) is 31.8 Å². The first kappa shape index (κ1) is 23.4. The minimum atomic E-state index is -0.581. The van der Waals surface area contributed by atoms with E-state index in [0.29, 0.717) is 41.4 Å². The van der Waals surface area contributed by atoms with E-state index in [-0.39, 0.29) is 23.9 Å². The fourth-order valence-electron chi connectivity index (χ4n) is 5.10. The maximum Gasteiger partial charge on any atom is 0.336 e. The summed E-state index contributed by atoms with van der Waals surface area (Å²) in [4.78, 5) is 26.8. The number of dihydropyridines is 1. The highest BCUT2D eigenvalue weighted by Crippen LogP contribution is 2.49. The Hall–Kier alpha value is -2.80. The number of Topliss-reactive ketones (excluding diaryl/α,β-unsaturated/α-hetero) is 1. The van der Waals surface area contributed by atoms with E-state index in [4.69, 9.17) is 18.9 Å². The Morgan fingerprint density at radius 3 is 2.67 bits per heavy atom. The number of ether oxygens (including phenoxy) is 4. The summed E-state index contributed by atoms with van der Waals surface area (Å²) >= 11 is 0. The SMILES string of the molecule is COc1ccc([C@H]2C(C(=O)OC[C@H]3CCCO3)=C(C)NC3=C2C(=O)CC(C)(C)C3)c(OC)c1. The van der Waals surface area contributed by atoms with Gasteiger partial charge in [-0.05, 0) is 37.7 Å². The fraction of sp³-hybridized carbons (Fsp3) is 0.538. The molecule has 0 amide bonds. The molecule has 0 saturated carbocycles. The summed E-state index contributed by atoms with van der Waals surface area (Å²) in [6.45, 7) is 6.93. The highest BCUT2D eigenvalue weighted by Gasteiger charge is 2.44. The lowest BCUT2D eigenvalue weighted by atomic mass is 9.68. The van der Waals surface area contributed by atoms with Crippen LogP contribution < -0.4 is 14.8 Å². The van der Waals surface area contributed by atoms with E-state index in [1.54, 1.807) is 20.3 Å². The van der Waals surface area contributed by atoms with Gasteiger partial charge in [-0.2, -0.15) is 0 Å². The van der Waals surface area contributed by atoms with Crippen LogP contribution in [0.3, 0.4) is 0 Å². The van der Waals surface area contributed by atoms with Crippen molar-refractivity contribution < 1.29 is 28.5 Å². The lowest BCUT2D eigenvalue weighted by Gasteiger charge is -2.39. The van der Waals surface area contributed by atoms with Crippen molar-refractivity contribution in [3.63, 3.8) is 0 Å². The van der Waals surface area contributed by atoms with Gasteiger partial charge < -0.3 is 24.3 Å². The third-order valence-corrected chi connectivity index (χ3v) is 6.64. The number of methoxy groups -OCH3 is 2. The van der Waals surface area contributed by atoms with Gasteiger partial charge in [0.25, 0.3) is 0 Å². The van der Waals surface area contributed by atoms with Gasteiger partial charge in [0, 0.05) is 41.6 Å². The third-order valence-electron chi connectivity index (χ3n) is 6.64. The Balaban J connectivity index is 1.78. The minimum Gasteiger partial charge on any atom is -0.497 e. The summed E-state index contributed by atoms with van der Waals surface area (Å²) < 4.78 is 22.3. The minimum absolute atomic E-state index is 0.0357. The van der Waals surface area contributed by atoms with E-state index >= 15 is 0 Å². The number of ketones is 1. The second kappa shape index (κ2) is 9.21. The first-order valence-electron chi connectivity index (χ1n) is 11.5. The van der Waals surface area contributed by atoms with E-state index in [2.05, 4.69) is 19.2 Å². The standard InChI is InChI=1S/C26H33NO6/c1-15-22(25(29)33-14-17-7-6-10-32-17)23(18-9-8-16(30-4)11-21(18)31-5)24-19(27-15)12-26(2,3)13-20(24)28/h8-9,11,17,23,27H,6-7,10,12-14H2,1-5H3/t17-,23+/m1/s1. The molecule has 1 aliphatic carbocycles. The molecule has 4 rings (SSSR count). The van der Waals surface area contributed by atoms with Crippen LogP contribution in [-0.2, 0) is 19.1 Å². The quantitative estimate of drug-likeness (QED) is 0.649. The van der Waals surface area contributed by atoms with E-state index in [0.717, 1.165) is 30.5 Å². The second-order valence-corrected chi connectivity index (χ2v) is 9.77. The highest BCUT2D eigenvalue weighted by molar-refractivity contribution is 6.04. The van der Waals surface area contributed by atoms with Crippen LogP contribution in [0.25, 0.3) is 0 Å². The molecular weight excluding hydrogens is 422 g/mol. The van der Waals surface area contributed by atoms with Gasteiger partial charge in [-0.1, -0.05) is 19.9 Å². The Morgan fingerprint density at radius 1 is 1.21 bits per heavy atom.